The van der Waals surface area contributed by atoms with E-state index in [0.29, 0.717) is 140 Å². The lowest BCUT2D eigenvalue weighted by molar-refractivity contribution is -0.137. The number of morpholine rings is 1. The smallest absolute Gasteiger partial charge is 0.417 e. The summed E-state index contributed by atoms with van der Waals surface area (Å²) in [6, 6.07) is 39.3. The summed E-state index contributed by atoms with van der Waals surface area (Å²) in [5, 5.41) is 20.1. The number of anilines is 7. The zero-order valence-corrected chi connectivity index (χ0v) is 79.1. The summed E-state index contributed by atoms with van der Waals surface area (Å²) >= 11 is 20.3. The van der Waals surface area contributed by atoms with Crippen molar-refractivity contribution in [3.8, 4) is 39.3 Å². The molecule has 20 rings (SSSR count). The van der Waals surface area contributed by atoms with Gasteiger partial charge in [-0.3, -0.25) is 37.9 Å². The maximum absolute atomic E-state index is 14.6. The highest BCUT2D eigenvalue weighted by Crippen LogP contribution is 2.47. The van der Waals surface area contributed by atoms with Gasteiger partial charge in [-0.25, -0.2) is 23.5 Å². The van der Waals surface area contributed by atoms with E-state index in [1.165, 1.54) is 22.8 Å². The number of pyridine rings is 4. The topological polar surface area (TPSA) is 313 Å². The van der Waals surface area contributed by atoms with Crippen LogP contribution in [0.3, 0.4) is 0 Å². The minimum Gasteiger partial charge on any atom is -0.489 e. The fourth-order valence-corrected chi connectivity index (χ4v) is 21.1. The lowest BCUT2D eigenvalue weighted by Crippen LogP contribution is -2.37. The zero-order chi connectivity index (χ0) is 92.5. The largest absolute Gasteiger partial charge is 0.489 e. The van der Waals surface area contributed by atoms with Crippen LogP contribution in [0.25, 0.3) is 66.6 Å². The summed E-state index contributed by atoms with van der Waals surface area (Å²) in [6.07, 6.45) is 19.6. The van der Waals surface area contributed by atoms with Crippen LogP contribution in [0.1, 0.15) is 187 Å². The van der Waals surface area contributed by atoms with Crippen molar-refractivity contribution in [1.29, 1.82) is 0 Å². The summed E-state index contributed by atoms with van der Waals surface area (Å²) in [4.78, 5) is 93.3. The van der Waals surface area contributed by atoms with E-state index in [2.05, 4.69) is 70.4 Å². The number of nitrogens with one attached hydrogen (secondary N) is 5. The number of halogens is 6. The predicted molar refractivity (Wildman–Crippen MR) is 525 cm³/mol. The van der Waals surface area contributed by atoms with Crippen LogP contribution >= 0.6 is 34.8 Å². The van der Waals surface area contributed by atoms with Crippen molar-refractivity contribution in [2.75, 3.05) is 107 Å². The molecule has 3 saturated carbocycles. The molecule has 1 amide bonds. The summed E-state index contributed by atoms with van der Waals surface area (Å²) in [6.45, 7) is 14.2. The van der Waals surface area contributed by atoms with E-state index >= 15 is 0 Å². The summed E-state index contributed by atoms with van der Waals surface area (Å²) in [7, 11) is 3.11. The zero-order valence-electron chi connectivity index (χ0n) is 76.0. The first-order valence-corrected chi connectivity index (χ1v) is 49.1. The second-order valence-corrected chi connectivity index (χ2v) is 39.5. The number of nitrogens with zero attached hydrogens (tertiary/aromatic N) is 14. The van der Waals surface area contributed by atoms with Gasteiger partial charge in [0, 0.05) is 158 Å². The van der Waals surface area contributed by atoms with Crippen LogP contribution < -0.4 is 48.0 Å². The van der Waals surface area contributed by atoms with Gasteiger partial charge in [-0.1, -0.05) is 71.9 Å². The number of fused-ring (bicyclic) bond motifs is 3. The fraction of sp³-hybridized carbons (Fsp3) is 0.430. The molecule has 27 nitrogen and oxygen atoms in total. The monoisotopic (exact) mass is 1900 g/mol. The molecule has 0 spiro atoms. The molecular formula is C100H113Cl3F3N19O8S. The van der Waals surface area contributed by atoms with Crippen molar-refractivity contribution in [1.82, 2.24) is 72.9 Å². The lowest BCUT2D eigenvalue weighted by Gasteiger charge is -2.35. The van der Waals surface area contributed by atoms with Crippen LogP contribution in [0.4, 0.5) is 53.8 Å². The molecule has 5 atom stereocenters. The maximum atomic E-state index is 14.6. The Balaban J connectivity index is 0.000000140. The molecule has 134 heavy (non-hydrogen) atoms. The van der Waals surface area contributed by atoms with Crippen molar-refractivity contribution in [2.24, 2.45) is 5.92 Å². The first-order valence-electron chi connectivity index (χ1n) is 46.5. The van der Waals surface area contributed by atoms with Gasteiger partial charge in [0.1, 0.15) is 28.8 Å². The molecule has 0 radical (unpaired) electrons. The van der Waals surface area contributed by atoms with Gasteiger partial charge in [0.25, 0.3) is 16.7 Å². The van der Waals surface area contributed by atoms with Crippen molar-refractivity contribution in [2.45, 2.75) is 184 Å². The average molecular weight is 1900 g/mol. The van der Waals surface area contributed by atoms with Crippen LogP contribution in [0.2, 0.25) is 15.1 Å². The number of piperidine rings is 3. The number of aromatic nitrogens is 10. The highest BCUT2D eigenvalue weighted by Gasteiger charge is 2.38. The van der Waals surface area contributed by atoms with Gasteiger partial charge in [-0.15, -0.1) is 0 Å². The molecule has 5 saturated heterocycles. The number of hydrogen-bond acceptors (Lipinski definition) is 21. The van der Waals surface area contributed by atoms with Crippen molar-refractivity contribution >= 4 is 125 Å². The van der Waals surface area contributed by atoms with Gasteiger partial charge < -0.3 is 56.2 Å². The molecule has 8 fully saturated rings. The highest BCUT2D eigenvalue weighted by atomic mass is 35.5. The fourth-order valence-electron chi connectivity index (χ4n) is 19.4. The van der Waals surface area contributed by atoms with Crippen LogP contribution in [0.15, 0.2) is 167 Å². The van der Waals surface area contributed by atoms with Crippen molar-refractivity contribution in [3.63, 3.8) is 0 Å². The Morgan fingerprint density at radius 1 is 0.567 bits per heavy atom. The maximum Gasteiger partial charge on any atom is 0.417 e. The van der Waals surface area contributed by atoms with E-state index in [1.807, 2.05) is 125 Å². The number of alkyl halides is 3. The Kier molecular flexibility index (Phi) is 29.3. The molecule has 704 valence electrons. The standard InChI is InChI=1S/C35H39F3N6O3S.C33H39ClN8O2.C32H33Cl2N5O2.H2O/c1-42-15-16-47-31(21-42)24-5-8-27(9-6-24)40-34-39-19-26-17-29(33(45)44(32(26)41-34)20-22-3-4-22)28-10-7-25(18-30(28)35(36,37)38)23-11-13-43(14-12-23)48(2)46;1-20(2)42-31-23(18-36-33(39-31)38-25-10-8-24(9-11-25)37-26-12-14-40(4)19-26)15-27(32(42)44)30-28(34)16-22(17-35-30)29-7-5-6-13-41(29)21(3)43;33-27-15-20(19-7-8-19)16-28(34)29(27)26-14-21-17-36-32(38-30(21)39(31(26)40)23-4-1-2-5-23)37-22-9-11-24(12-10-22)41-25-6-3-13-35-18-25;/h5-10,17-19,22-23,31H,3-4,11-16,20-21H2,1-2H3,(H,39,40,41);8-11,15-18,20,26,29,37H,5-7,12-14,19H2,1-4H3,(H,36,38,39);9-12,14-17,19,23,25,35H,1-8,13,18H2,(H,36,37,38);1H2. The second-order valence-electron chi connectivity index (χ2n) is 36.9. The van der Waals surface area contributed by atoms with Crippen molar-refractivity contribution in [3.05, 3.63) is 226 Å². The Hall–Kier alpha value is -10.8. The molecule has 34 heteroatoms. The van der Waals surface area contributed by atoms with Crippen LogP contribution in [-0.2, 0) is 33.2 Å². The molecule has 8 aliphatic rings. The van der Waals surface area contributed by atoms with Crippen molar-refractivity contribution < 1.29 is 37.1 Å². The Morgan fingerprint density at radius 2 is 1.15 bits per heavy atom. The van der Waals surface area contributed by atoms with Gasteiger partial charge >= 0.3 is 6.18 Å². The minimum atomic E-state index is -4.67. The Bertz CT molecular complexity index is 6490. The number of likely N-dealkylation sites (N-methyl/N-ethyl adjacent to an activating group) is 2. The molecule has 0 bridgehead atoms. The first-order chi connectivity index (χ1) is 64.2. The number of amides is 1. The van der Waals surface area contributed by atoms with Gasteiger partial charge in [-0.2, -0.15) is 28.1 Å². The SMILES string of the molecule is CC(=O)N1CCCCC1c1cnc(-c2cc3cnc(Nc4ccc(NC5CCN(C)C5)cc4)nc3n(C(C)C)c2=O)c(Cl)c1.CN1CCOC(c2ccc(Nc3ncc4cc(-c5ccc(C6CCN(S(C)=O)CC6)cc5C(F)(F)F)c(=O)n(CC5CC5)c4n3)cc2)C1.O.O=c1c(-c2c(Cl)cc(C3CC3)cc2Cl)cc2cnc(Nc3ccc(OC4CCCNC4)cc3)nc2n1C1CCCC1. The third-order valence-corrected chi connectivity index (χ3v) is 28.8. The van der Waals surface area contributed by atoms with Gasteiger partial charge in [0.05, 0.1) is 67.2 Å². The minimum absolute atomic E-state index is 0. The van der Waals surface area contributed by atoms with Gasteiger partial charge in [-0.05, 0) is 280 Å². The Morgan fingerprint density at radius 3 is 1.75 bits per heavy atom. The summed E-state index contributed by atoms with van der Waals surface area (Å²) in [5.41, 5.74) is 8.78. The predicted octanol–water partition coefficient (Wildman–Crippen LogP) is 18.9. The number of rotatable bonds is 22. The van der Waals surface area contributed by atoms with Crippen LogP contribution in [-0.4, -0.2) is 181 Å². The third kappa shape index (κ3) is 21.8. The summed E-state index contributed by atoms with van der Waals surface area (Å²) < 4.78 is 74.6. The average Bonchev–Trinajstić information content (AvgIpc) is 1.10. The molecule has 12 heterocycles. The molecule has 12 aromatic rings. The molecule has 7 aromatic heterocycles. The third-order valence-electron chi connectivity index (χ3n) is 26.8. The molecule has 5 unspecified atom stereocenters. The number of hydrogen-bond donors (Lipinski definition) is 5. The second kappa shape index (κ2) is 41.4. The molecule has 7 N–H and O–H groups in total. The molecular weight excluding hydrogens is 1790 g/mol. The molecule has 3 aliphatic carbocycles. The van der Waals surface area contributed by atoms with Crippen LogP contribution in [0.5, 0.6) is 5.75 Å². The molecule has 5 aromatic carbocycles. The number of carbonyl (C=O) groups excluding carboxylic acids is 1. The first kappa shape index (κ1) is 94.9. The van der Waals surface area contributed by atoms with Gasteiger partial charge in [0.2, 0.25) is 23.8 Å². The van der Waals surface area contributed by atoms with E-state index in [-0.39, 0.29) is 75.8 Å². The van der Waals surface area contributed by atoms with E-state index < -0.39 is 28.3 Å². The van der Waals surface area contributed by atoms with E-state index in [9.17, 15) is 36.6 Å². The number of benzene rings is 5. The highest BCUT2D eigenvalue weighted by molar-refractivity contribution is 7.81. The quantitative estimate of drug-likeness (QED) is 0.0421. The molecule has 5 aliphatic heterocycles. The van der Waals surface area contributed by atoms with E-state index in [0.717, 1.165) is 186 Å². The normalized spacial score (nSPS) is 19.6. The summed E-state index contributed by atoms with van der Waals surface area (Å²) in [5.74, 6) is 2.72. The number of likely N-dealkylation sites (tertiary alicyclic amines) is 2. The van der Waals surface area contributed by atoms with Gasteiger partial charge in [0.15, 0.2) is 0 Å². The lowest BCUT2D eigenvalue weighted by atomic mass is 9.87. The number of ether oxygens (including phenoxy) is 2. The van der Waals surface area contributed by atoms with E-state index in [1.54, 1.807) is 54.7 Å². The van der Waals surface area contributed by atoms with E-state index in [4.69, 9.17) is 59.2 Å². The Labute approximate surface area is 793 Å². The van der Waals surface area contributed by atoms with Crippen LogP contribution in [0, 0.1) is 5.92 Å². The number of carbonyl (C=O) groups is 1.